The zero-order valence-corrected chi connectivity index (χ0v) is 20.5. The summed E-state index contributed by atoms with van der Waals surface area (Å²) in [6.07, 6.45) is 1.63. The first-order valence-electron chi connectivity index (χ1n) is 11.7. The van der Waals surface area contributed by atoms with Gasteiger partial charge in [0.1, 0.15) is 18.1 Å². The van der Waals surface area contributed by atoms with E-state index in [1.54, 1.807) is 20.8 Å². The number of nitrogens with one attached hydrogen (secondary N) is 3. The van der Waals surface area contributed by atoms with Crippen LogP contribution in [0.5, 0.6) is 0 Å². The van der Waals surface area contributed by atoms with Gasteiger partial charge in [-0.15, -0.1) is 0 Å². The van der Waals surface area contributed by atoms with Gasteiger partial charge in [0, 0.05) is 0 Å². The van der Waals surface area contributed by atoms with Crippen LogP contribution in [0.3, 0.4) is 0 Å². The summed E-state index contributed by atoms with van der Waals surface area (Å²) < 4.78 is 0. The highest BCUT2D eigenvalue weighted by atomic mass is 16.4. The second-order valence-electron chi connectivity index (χ2n) is 8.63. The molecule has 0 aromatic heterocycles. The standard InChI is InChI=1S/C22H41N5O7/c1-5-12(3)17(24)20(31)26-15(11-16(28)29)19(30)27-18(13(4)6-2)21(32)25-14(22(33)34)9-7-8-10-23/h12-15,17-18H,5-11,23-24H2,1-4H3,(H,25,32)(H,26,31)(H,27,30)(H,28,29)(H,33,34). The topological polar surface area (TPSA) is 214 Å². The number of aliphatic carboxylic acids is 2. The summed E-state index contributed by atoms with van der Waals surface area (Å²) in [5, 5.41) is 25.9. The largest absolute Gasteiger partial charge is 0.481 e. The summed E-state index contributed by atoms with van der Waals surface area (Å²) in [4.78, 5) is 61.1. The second kappa shape index (κ2) is 16.0. The Morgan fingerprint density at radius 1 is 0.794 bits per heavy atom. The predicted molar refractivity (Wildman–Crippen MR) is 125 cm³/mol. The van der Waals surface area contributed by atoms with Crippen LogP contribution in [0.15, 0.2) is 0 Å². The molecule has 0 radical (unpaired) electrons. The van der Waals surface area contributed by atoms with E-state index in [0.717, 1.165) is 0 Å². The molecule has 12 heteroatoms. The number of hydrogen-bond donors (Lipinski definition) is 7. The van der Waals surface area contributed by atoms with Gasteiger partial charge in [-0.05, 0) is 37.6 Å². The van der Waals surface area contributed by atoms with Crippen molar-refractivity contribution in [2.45, 2.75) is 90.4 Å². The van der Waals surface area contributed by atoms with Crippen molar-refractivity contribution in [3.05, 3.63) is 0 Å². The number of hydrogen-bond acceptors (Lipinski definition) is 7. The van der Waals surface area contributed by atoms with Crippen LogP contribution >= 0.6 is 0 Å². The summed E-state index contributed by atoms with van der Waals surface area (Å²) in [7, 11) is 0. The molecule has 0 fully saturated rings. The highest BCUT2D eigenvalue weighted by Crippen LogP contribution is 2.11. The number of rotatable bonds is 17. The molecule has 0 saturated carbocycles. The number of carbonyl (C=O) groups is 5. The van der Waals surface area contributed by atoms with E-state index >= 15 is 0 Å². The number of nitrogens with two attached hydrogens (primary N) is 2. The van der Waals surface area contributed by atoms with Gasteiger partial charge in [0.2, 0.25) is 17.7 Å². The average molecular weight is 488 g/mol. The van der Waals surface area contributed by atoms with Gasteiger partial charge in [0.05, 0.1) is 12.5 Å². The first-order chi connectivity index (χ1) is 15.9. The Labute approximate surface area is 200 Å². The first-order valence-corrected chi connectivity index (χ1v) is 11.7. The van der Waals surface area contributed by atoms with E-state index < -0.39 is 66.2 Å². The van der Waals surface area contributed by atoms with Crippen LogP contribution in [0.25, 0.3) is 0 Å². The lowest BCUT2D eigenvalue weighted by Crippen LogP contribution is -2.59. The van der Waals surface area contributed by atoms with Crippen LogP contribution in [-0.2, 0) is 24.0 Å². The summed E-state index contributed by atoms with van der Waals surface area (Å²) in [6, 6.07) is -4.69. The lowest BCUT2D eigenvalue weighted by molar-refractivity contribution is -0.143. The second-order valence-corrected chi connectivity index (χ2v) is 8.63. The quantitative estimate of drug-likeness (QED) is 0.132. The van der Waals surface area contributed by atoms with Crippen LogP contribution in [0.2, 0.25) is 0 Å². The van der Waals surface area contributed by atoms with Gasteiger partial charge in [-0.25, -0.2) is 4.79 Å². The Balaban J connectivity index is 5.56. The molecule has 0 saturated heterocycles. The molecule has 3 amide bonds. The van der Waals surface area contributed by atoms with Gasteiger partial charge in [0.25, 0.3) is 0 Å². The van der Waals surface area contributed by atoms with Gasteiger partial charge < -0.3 is 37.6 Å². The van der Waals surface area contributed by atoms with Gasteiger partial charge in [-0.2, -0.15) is 0 Å². The third-order valence-corrected chi connectivity index (χ3v) is 5.93. The molecule has 0 bridgehead atoms. The van der Waals surface area contributed by atoms with E-state index in [-0.39, 0.29) is 12.3 Å². The van der Waals surface area contributed by atoms with Crippen molar-refractivity contribution in [1.82, 2.24) is 16.0 Å². The summed E-state index contributed by atoms with van der Waals surface area (Å²) in [5.41, 5.74) is 11.3. The molecule has 12 nitrogen and oxygen atoms in total. The van der Waals surface area contributed by atoms with Crippen molar-refractivity contribution in [2.24, 2.45) is 23.3 Å². The van der Waals surface area contributed by atoms with E-state index in [1.165, 1.54) is 0 Å². The molecule has 0 aromatic carbocycles. The Bertz CT molecular complexity index is 703. The third-order valence-electron chi connectivity index (χ3n) is 5.93. The smallest absolute Gasteiger partial charge is 0.326 e. The molecule has 34 heavy (non-hydrogen) atoms. The molecule has 0 aliphatic carbocycles. The van der Waals surface area contributed by atoms with Crippen LogP contribution in [0, 0.1) is 11.8 Å². The molecule has 196 valence electrons. The van der Waals surface area contributed by atoms with Gasteiger partial charge in [-0.3, -0.25) is 19.2 Å². The SMILES string of the molecule is CCC(C)C(N)C(=O)NC(CC(=O)O)C(=O)NC(C(=O)NC(CCCCN)C(=O)O)C(C)CC. The number of unbranched alkanes of at least 4 members (excludes halogenated alkanes) is 1. The summed E-state index contributed by atoms with van der Waals surface area (Å²) in [5.74, 6) is -5.39. The van der Waals surface area contributed by atoms with Crippen molar-refractivity contribution in [2.75, 3.05) is 6.54 Å². The van der Waals surface area contributed by atoms with E-state index in [0.29, 0.717) is 32.2 Å². The van der Waals surface area contributed by atoms with Crippen LogP contribution < -0.4 is 27.4 Å². The minimum atomic E-state index is -1.46. The first kappa shape index (κ1) is 31.3. The van der Waals surface area contributed by atoms with Crippen molar-refractivity contribution in [1.29, 1.82) is 0 Å². The minimum absolute atomic E-state index is 0.171. The van der Waals surface area contributed by atoms with E-state index in [2.05, 4.69) is 16.0 Å². The molecule has 6 unspecified atom stereocenters. The molecule has 0 aliphatic heterocycles. The molecular weight excluding hydrogens is 446 g/mol. The summed E-state index contributed by atoms with van der Waals surface area (Å²) >= 11 is 0. The van der Waals surface area contributed by atoms with Crippen LogP contribution in [-0.4, -0.2) is 70.6 Å². The molecule has 0 heterocycles. The Morgan fingerprint density at radius 2 is 1.35 bits per heavy atom. The number of amides is 3. The highest BCUT2D eigenvalue weighted by molar-refractivity contribution is 5.95. The Morgan fingerprint density at radius 3 is 1.82 bits per heavy atom. The molecule has 0 aliphatic rings. The van der Waals surface area contributed by atoms with Crippen molar-refractivity contribution in [3.63, 3.8) is 0 Å². The number of carboxylic acid groups (broad SMARTS) is 2. The Hall–Kier alpha value is -2.73. The Kier molecular flexibility index (Phi) is 14.7. The number of carboxylic acids is 2. The molecule has 0 rings (SSSR count). The monoisotopic (exact) mass is 487 g/mol. The zero-order chi connectivity index (χ0) is 26.4. The molecule has 6 atom stereocenters. The normalized spacial score (nSPS) is 16.3. The maximum Gasteiger partial charge on any atom is 0.326 e. The lowest BCUT2D eigenvalue weighted by atomic mass is 9.96. The fourth-order valence-corrected chi connectivity index (χ4v) is 3.13. The molecular formula is C22H41N5O7. The minimum Gasteiger partial charge on any atom is -0.481 e. The van der Waals surface area contributed by atoms with Gasteiger partial charge in [0.15, 0.2) is 0 Å². The summed E-state index contributed by atoms with van der Waals surface area (Å²) in [6.45, 7) is 7.47. The molecule has 0 spiro atoms. The zero-order valence-electron chi connectivity index (χ0n) is 20.5. The molecule has 9 N–H and O–H groups in total. The van der Waals surface area contributed by atoms with Crippen LogP contribution in [0.1, 0.15) is 66.2 Å². The van der Waals surface area contributed by atoms with Crippen LogP contribution in [0.4, 0.5) is 0 Å². The van der Waals surface area contributed by atoms with E-state index in [1.807, 2.05) is 6.92 Å². The van der Waals surface area contributed by atoms with E-state index in [9.17, 15) is 34.2 Å². The van der Waals surface area contributed by atoms with Gasteiger partial charge >= 0.3 is 11.9 Å². The molecule has 0 aromatic rings. The lowest BCUT2D eigenvalue weighted by Gasteiger charge is -2.28. The van der Waals surface area contributed by atoms with Crippen molar-refractivity contribution in [3.8, 4) is 0 Å². The highest BCUT2D eigenvalue weighted by Gasteiger charge is 2.33. The fourth-order valence-electron chi connectivity index (χ4n) is 3.13. The predicted octanol–water partition coefficient (Wildman–Crippen LogP) is -0.451. The number of carbonyl (C=O) groups excluding carboxylic acids is 3. The van der Waals surface area contributed by atoms with Crippen molar-refractivity contribution >= 4 is 29.7 Å². The van der Waals surface area contributed by atoms with Gasteiger partial charge in [-0.1, -0.05) is 40.5 Å². The van der Waals surface area contributed by atoms with Crippen molar-refractivity contribution < 1.29 is 34.2 Å². The average Bonchev–Trinajstić information content (AvgIpc) is 2.78. The maximum absolute atomic E-state index is 12.9. The fraction of sp³-hybridized carbons (Fsp3) is 0.773. The van der Waals surface area contributed by atoms with E-state index in [4.69, 9.17) is 11.5 Å². The third kappa shape index (κ3) is 10.9. The maximum atomic E-state index is 12.9.